The number of nitrogens with zero attached hydrogens (tertiary/aromatic N) is 2. The highest BCUT2D eigenvalue weighted by molar-refractivity contribution is 5.87. The first-order chi connectivity index (χ1) is 10.7. The number of aromatic carboxylic acids is 1. The number of benzene rings is 2. The Hall–Kier alpha value is -2.95. The summed E-state index contributed by atoms with van der Waals surface area (Å²) >= 11 is 0. The lowest BCUT2D eigenvalue weighted by Crippen LogP contribution is -1.94. The second-order valence-electron chi connectivity index (χ2n) is 4.47. The van der Waals surface area contributed by atoms with Crippen LogP contribution in [0.3, 0.4) is 0 Å². The molecule has 0 amide bonds. The summed E-state index contributed by atoms with van der Waals surface area (Å²) < 4.78 is 5.50. The molecule has 5 heteroatoms. The number of azo groups is 1. The van der Waals surface area contributed by atoms with E-state index in [9.17, 15) is 4.79 Å². The van der Waals surface area contributed by atoms with Gasteiger partial charge in [0.1, 0.15) is 5.75 Å². The summed E-state index contributed by atoms with van der Waals surface area (Å²) in [6, 6.07) is 13.5. The molecule has 0 radical (unpaired) electrons. The number of rotatable bonds is 7. The molecular weight excluding hydrogens is 280 g/mol. The molecule has 1 N–H and O–H groups in total. The van der Waals surface area contributed by atoms with E-state index in [4.69, 9.17) is 9.84 Å². The first-order valence-electron chi connectivity index (χ1n) is 6.78. The second kappa shape index (κ2) is 7.73. The maximum absolute atomic E-state index is 10.7. The molecule has 0 bridgehead atoms. The summed E-state index contributed by atoms with van der Waals surface area (Å²) in [5.41, 5.74) is 1.51. The fourth-order valence-electron chi connectivity index (χ4n) is 1.66. The number of carbonyl (C=O) groups is 1. The molecule has 0 heterocycles. The summed E-state index contributed by atoms with van der Waals surface area (Å²) in [6.45, 7) is 4.23. The molecule has 0 unspecified atom stereocenters. The van der Waals surface area contributed by atoms with Crippen LogP contribution in [0.25, 0.3) is 0 Å². The van der Waals surface area contributed by atoms with Gasteiger partial charge in [-0.15, -0.1) is 6.58 Å². The molecular formula is C17H16N2O3. The van der Waals surface area contributed by atoms with Crippen molar-refractivity contribution >= 4 is 17.3 Å². The van der Waals surface area contributed by atoms with Gasteiger partial charge in [-0.2, -0.15) is 10.2 Å². The topological polar surface area (TPSA) is 71.2 Å². The molecule has 0 atom stereocenters. The van der Waals surface area contributed by atoms with E-state index in [1.807, 2.05) is 12.1 Å². The van der Waals surface area contributed by atoms with Gasteiger partial charge in [0.05, 0.1) is 23.5 Å². The molecule has 0 aromatic heterocycles. The molecule has 2 aromatic rings. The minimum atomic E-state index is -0.962. The van der Waals surface area contributed by atoms with Crippen LogP contribution in [0.15, 0.2) is 71.4 Å². The van der Waals surface area contributed by atoms with E-state index in [2.05, 4.69) is 16.8 Å². The zero-order valence-electron chi connectivity index (χ0n) is 12.0. The van der Waals surface area contributed by atoms with Crippen LogP contribution < -0.4 is 4.74 Å². The zero-order valence-corrected chi connectivity index (χ0v) is 12.0. The predicted molar refractivity (Wildman–Crippen MR) is 84.3 cm³/mol. The third-order valence-electron chi connectivity index (χ3n) is 2.82. The van der Waals surface area contributed by atoms with Crippen LogP contribution in [0.4, 0.5) is 11.4 Å². The Morgan fingerprint density at radius 1 is 1.05 bits per heavy atom. The van der Waals surface area contributed by atoms with E-state index in [-0.39, 0.29) is 5.56 Å². The van der Waals surface area contributed by atoms with Gasteiger partial charge in [-0.25, -0.2) is 4.79 Å². The summed E-state index contributed by atoms with van der Waals surface area (Å²) in [6.07, 6.45) is 2.60. The average Bonchev–Trinajstić information content (AvgIpc) is 2.55. The van der Waals surface area contributed by atoms with Crippen LogP contribution in [-0.2, 0) is 0 Å². The third-order valence-corrected chi connectivity index (χ3v) is 2.82. The van der Waals surface area contributed by atoms with Crippen molar-refractivity contribution in [2.45, 2.75) is 6.42 Å². The lowest BCUT2D eigenvalue weighted by molar-refractivity contribution is 0.0697. The van der Waals surface area contributed by atoms with Gasteiger partial charge in [-0.3, -0.25) is 0 Å². The molecule has 2 rings (SSSR count). The van der Waals surface area contributed by atoms with Crippen molar-refractivity contribution in [2.75, 3.05) is 6.61 Å². The van der Waals surface area contributed by atoms with E-state index >= 15 is 0 Å². The molecule has 0 fully saturated rings. The Morgan fingerprint density at radius 2 is 1.59 bits per heavy atom. The Labute approximate surface area is 128 Å². The number of ether oxygens (including phenoxy) is 1. The van der Waals surface area contributed by atoms with Crippen molar-refractivity contribution in [3.05, 3.63) is 66.7 Å². The van der Waals surface area contributed by atoms with Crippen molar-refractivity contribution in [3.63, 3.8) is 0 Å². The molecule has 112 valence electrons. The maximum Gasteiger partial charge on any atom is 0.335 e. The first-order valence-corrected chi connectivity index (χ1v) is 6.78. The van der Waals surface area contributed by atoms with Crippen molar-refractivity contribution in [3.8, 4) is 5.75 Å². The number of carboxylic acid groups (broad SMARTS) is 1. The van der Waals surface area contributed by atoms with E-state index in [0.29, 0.717) is 18.0 Å². The van der Waals surface area contributed by atoms with Crippen LogP contribution in [0.1, 0.15) is 16.8 Å². The fourth-order valence-corrected chi connectivity index (χ4v) is 1.66. The molecule has 0 saturated carbocycles. The van der Waals surface area contributed by atoms with Crippen molar-refractivity contribution < 1.29 is 14.6 Å². The molecule has 0 aliphatic rings. The number of carboxylic acids is 1. The Kier molecular flexibility index (Phi) is 5.43. The number of hydrogen-bond acceptors (Lipinski definition) is 4. The molecule has 22 heavy (non-hydrogen) atoms. The summed E-state index contributed by atoms with van der Waals surface area (Å²) in [5, 5.41) is 17.0. The van der Waals surface area contributed by atoms with Crippen molar-refractivity contribution in [1.29, 1.82) is 0 Å². The van der Waals surface area contributed by atoms with Gasteiger partial charge in [0.2, 0.25) is 0 Å². The standard InChI is InChI=1S/C17H16N2O3/c1-2-3-12-22-16-10-8-15(9-11-16)19-18-14-6-4-13(5-7-14)17(20)21/h2,4-11H,1,3,12H2,(H,20,21). The van der Waals surface area contributed by atoms with E-state index in [1.165, 1.54) is 12.1 Å². The second-order valence-corrected chi connectivity index (χ2v) is 4.47. The van der Waals surface area contributed by atoms with Gasteiger partial charge < -0.3 is 9.84 Å². The third kappa shape index (κ3) is 4.56. The maximum atomic E-state index is 10.7. The van der Waals surface area contributed by atoms with Crippen LogP contribution in [-0.4, -0.2) is 17.7 Å². The van der Waals surface area contributed by atoms with E-state index in [1.54, 1.807) is 30.3 Å². The smallest absolute Gasteiger partial charge is 0.335 e. The van der Waals surface area contributed by atoms with Gasteiger partial charge in [0.15, 0.2) is 0 Å². The zero-order chi connectivity index (χ0) is 15.8. The largest absolute Gasteiger partial charge is 0.493 e. The average molecular weight is 296 g/mol. The van der Waals surface area contributed by atoms with Crippen LogP contribution in [0.2, 0.25) is 0 Å². The van der Waals surface area contributed by atoms with Crippen LogP contribution in [0.5, 0.6) is 5.75 Å². The molecule has 0 aliphatic carbocycles. The van der Waals surface area contributed by atoms with Crippen LogP contribution >= 0.6 is 0 Å². The van der Waals surface area contributed by atoms with Gasteiger partial charge in [0, 0.05) is 0 Å². The summed E-state index contributed by atoms with van der Waals surface area (Å²) in [4.78, 5) is 10.7. The lowest BCUT2D eigenvalue weighted by atomic mass is 10.2. The fraction of sp³-hybridized carbons (Fsp3) is 0.118. The molecule has 0 spiro atoms. The van der Waals surface area contributed by atoms with E-state index < -0.39 is 5.97 Å². The summed E-state index contributed by atoms with van der Waals surface area (Å²) in [5.74, 6) is -0.192. The SMILES string of the molecule is C=CCCOc1ccc(N=Nc2ccc(C(=O)O)cc2)cc1. The Bertz CT molecular complexity index is 661. The predicted octanol–water partition coefficient (Wildman–Crippen LogP) is 4.76. The molecule has 0 saturated heterocycles. The number of hydrogen-bond donors (Lipinski definition) is 1. The van der Waals surface area contributed by atoms with Gasteiger partial charge in [-0.05, 0) is 55.0 Å². The van der Waals surface area contributed by atoms with Crippen LogP contribution in [0, 0.1) is 0 Å². The van der Waals surface area contributed by atoms with Crippen molar-refractivity contribution in [2.24, 2.45) is 10.2 Å². The van der Waals surface area contributed by atoms with Gasteiger partial charge in [-0.1, -0.05) is 6.08 Å². The normalized spacial score (nSPS) is 10.5. The van der Waals surface area contributed by atoms with Crippen molar-refractivity contribution in [1.82, 2.24) is 0 Å². The molecule has 2 aromatic carbocycles. The minimum Gasteiger partial charge on any atom is -0.493 e. The summed E-state index contributed by atoms with van der Waals surface area (Å²) in [7, 11) is 0. The first kappa shape index (κ1) is 15.4. The highest BCUT2D eigenvalue weighted by atomic mass is 16.5. The molecule has 5 nitrogen and oxygen atoms in total. The molecule has 0 aliphatic heterocycles. The Morgan fingerprint density at radius 3 is 2.09 bits per heavy atom. The highest BCUT2D eigenvalue weighted by Crippen LogP contribution is 2.21. The van der Waals surface area contributed by atoms with Gasteiger partial charge >= 0.3 is 5.97 Å². The van der Waals surface area contributed by atoms with E-state index in [0.717, 1.165) is 12.2 Å². The quantitative estimate of drug-likeness (QED) is 0.455. The monoisotopic (exact) mass is 296 g/mol. The Balaban J connectivity index is 1.97. The highest BCUT2D eigenvalue weighted by Gasteiger charge is 2.01. The minimum absolute atomic E-state index is 0.222. The van der Waals surface area contributed by atoms with Gasteiger partial charge in [0.25, 0.3) is 0 Å². The lowest BCUT2D eigenvalue weighted by Gasteiger charge is -2.03.